The van der Waals surface area contributed by atoms with Gasteiger partial charge in [0.15, 0.2) is 0 Å². The summed E-state index contributed by atoms with van der Waals surface area (Å²) in [5.41, 5.74) is 6.19. The minimum absolute atomic E-state index is 1.20. The van der Waals surface area contributed by atoms with Crippen molar-refractivity contribution in [3.63, 3.8) is 0 Å². The van der Waals surface area contributed by atoms with Gasteiger partial charge in [-0.25, -0.2) is 0 Å². The van der Waals surface area contributed by atoms with Gasteiger partial charge < -0.3 is 8.97 Å². The van der Waals surface area contributed by atoms with Gasteiger partial charge in [0.2, 0.25) is 0 Å². The number of benzene rings is 2. The Bertz CT molecular complexity index is 1170. The fourth-order valence-corrected chi connectivity index (χ4v) is 10.6. The maximum Gasteiger partial charge on any atom is 0.104 e. The molecule has 0 N–H and O–H groups in total. The Balaban J connectivity index is 1.85. The molecule has 2 unspecified atom stereocenters. The molecule has 2 nitrogen and oxygen atoms in total. The van der Waals surface area contributed by atoms with Crippen LogP contribution in [-0.4, -0.2) is 49.2 Å². The van der Waals surface area contributed by atoms with Crippen molar-refractivity contribution < 1.29 is 8.97 Å². The zero-order valence-corrected chi connectivity index (χ0v) is 44.6. The maximum atomic E-state index is 2.59. The van der Waals surface area contributed by atoms with E-state index in [1.54, 1.807) is 22.3 Å². The molecule has 0 bridgehead atoms. The molecule has 64 heavy (non-hydrogen) atoms. The van der Waals surface area contributed by atoms with Crippen LogP contribution in [0.5, 0.6) is 0 Å². The Labute approximate surface area is 403 Å². The number of hydrogen-bond donors (Lipinski definition) is 0. The Hall–Kier alpha value is -1.64. The van der Waals surface area contributed by atoms with Gasteiger partial charge in [0.1, 0.15) is 13.1 Å². The Morgan fingerprint density at radius 2 is 0.422 bits per heavy atom. The van der Waals surface area contributed by atoms with E-state index in [-0.39, 0.29) is 0 Å². The summed E-state index contributed by atoms with van der Waals surface area (Å²) in [6.45, 7) is 17.0. The Morgan fingerprint density at radius 1 is 0.234 bits per heavy atom. The van der Waals surface area contributed by atoms with Gasteiger partial charge >= 0.3 is 0 Å². The van der Waals surface area contributed by atoms with E-state index in [4.69, 9.17) is 0 Å². The summed E-state index contributed by atoms with van der Waals surface area (Å²) in [7, 11) is 5.18. The van der Waals surface area contributed by atoms with Gasteiger partial charge in [-0.3, -0.25) is 0 Å². The quantitative estimate of drug-likeness (QED) is 0.0459. The number of unbranched alkanes of at least 4 members (excludes halogenated alkanes) is 31. The third-order valence-electron chi connectivity index (χ3n) is 15.1. The van der Waals surface area contributed by atoms with Gasteiger partial charge in [0.05, 0.1) is 40.3 Å². The molecule has 0 saturated carbocycles. The second kappa shape index (κ2) is 40.4. The zero-order valence-electron chi connectivity index (χ0n) is 44.6. The summed E-state index contributed by atoms with van der Waals surface area (Å²) >= 11 is 0. The molecule has 2 aromatic carbocycles. The molecule has 0 saturated heterocycles. The van der Waals surface area contributed by atoms with Crippen LogP contribution < -0.4 is 0 Å². The van der Waals surface area contributed by atoms with E-state index in [9.17, 15) is 0 Å². The van der Waals surface area contributed by atoms with E-state index >= 15 is 0 Å². The van der Waals surface area contributed by atoms with Gasteiger partial charge in [0.25, 0.3) is 0 Å². The van der Waals surface area contributed by atoms with Gasteiger partial charge in [0, 0.05) is 11.1 Å². The number of hydrogen-bond acceptors (Lipinski definition) is 0. The molecular formula is C62H114N2+2. The minimum atomic E-state index is 1.20. The van der Waals surface area contributed by atoms with E-state index in [2.05, 4.69) is 90.3 Å². The van der Waals surface area contributed by atoms with Crippen molar-refractivity contribution in [1.29, 1.82) is 0 Å². The van der Waals surface area contributed by atoms with Crippen LogP contribution in [0.1, 0.15) is 281 Å². The van der Waals surface area contributed by atoms with E-state index in [0.717, 1.165) is 0 Å². The predicted molar refractivity (Wildman–Crippen MR) is 288 cm³/mol. The number of nitrogens with zero attached hydrogens (tertiary/aromatic N) is 2. The fraction of sp³-hybridized carbons (Fsp3) is 0.806. The van der Waals surface area contributed by atoms with E-state index in [1.807, 2.05) is 0 Å². The fourth-order valence-electron chi connectivity index (χ4n) is 10.6. The van der Waals surface area contributed by atoms with Crippen molar-refractivity contribution >= 4 is 0 Å². The average molecular weight is 888 g/mol. The smallest absolute Gasteiger partial charge is 0.104 e. The summed E-state index contributed by atoms with van der Waals surface area (Å²) in [5, 5.41) is 0. The monoisotopic (exact) mass is 887 g/mol. The summed E-state index contributed by atoms with van der Waals surface area (Å²) in [6.07, 6.45) is 53.1. The lowest BCUT2D eigenvalue weighted by Gasteiger charge is -2.35. The highest BCUT2D eigenvalue weighted by molar-refractivity contribution is 5.23. The third kappa shape index (κ3) is 32.1. The van der Waals surface area contributed by atoms with Crippen LogP contribution in [0, 0.1) is 0 Å². The molecule has 2 rings (SSSR count). The molecule has 0 radical (unpaired) electrons. The van der Waals surface area contributed by atoms with Crippen molar-refractivity contribution in [2.75, 3.05) is 40.3 Å². The molecule has 0 spiro atoms. The average Bonchev–Trinajstić information content (AvgIpc) is 3.29. The van der Waals surface area contributed by atoms with Crippen LogP contribution in [-0.2, 0) is 25.9 Å². The largest absolute Gasteiger partial charge is 0.322 e. The predicted octanol–water partition coefficient (Wildman–Crippen LogP) is 19.5. The lowest BCUT2D eigenvalue weighted by atomic mass is 10.0. The zero-order chi connectivity index (χ0) is 46.1. The van der Waals surface area contributed by atoms with Crippen LogP contribution in [0.15, 0.2) is 48.5 Å². The number of aryl methyl sites for hydroxylation is 2. The van der Waals surface area contributed by atoms with Crippen LogP contribution >= 0.6 is 0 Å². The van der Waals surface area contributed by atoms with Gasteiger partial charge in [-0.15, -0.1) is 0 Å². The van der Waals surface area contributed by atoms with Crippen LogP contribution in [0.4, 0.5) is 0 Å². The lowest BCUT2D eigenvalue weighted by molar-refractivity contribution is -0.923. The first-order chi connectivity index (χ1) is 31.3. The van der Waals surface area contributed by atoms with E-state index in [1.165, 1.54) is 292 Å². The Kier molecular flexibility index (Phi) is 36.9. The summed E-state index contributed by atoms with van der Waals surface area (Å²) in [5.74, 6) is 0. The molecule has 0 heterocycles. The minimum Gasteiger partial charge on any atom is -0.322 e. The van der Waals surface area contributed by atoms with Gasteiger partial charge in [-0.05, 0) is 88.2 Å². The van der Waals surface area contributed by atoms with Crippen LogP contribution in [0.2, 0.25) is 0 Å². The number of rotatable bonds is 47. The molecule has 0 amide bonds. The van der Waals surface area contributed by atoms with E-state index < -0.39 is 0 Å². The van der Waals surface area contributed by atoms with Crippen molar-refractivity contribution in [2.45, 2.75) is 285 Å². The van der Waals surface area contributed by atoms with Gasteiger partial charge in [-0.2, -0.15) is 0 Å². The van der Waals surface area contributed by atoms with Crippen molar-refractivity contribution in [1.82, 2.24) is 0 Å². The van der Waals surface area contributed by atoms with Gasteiger partial charge in [-0.1, -0.05) is 243 Å². The van der Waals surface area contributed by atoms with Crippen LogP contribution in [0.25, 0.3) is 0 Å². The first kappa shape index (κ1) is 58.5. The highest BCUT2D eigenvalue weighted by Crippen LogP contribution is 2.22. The number of quaternary nitrogens is 2. The topological polar surface area (TPSA) is 0 Å². The summed E-state index contributed by atoms with van der Waals surface area (Å²) in [6, 6.07) is 19.7. The lowest BCUT2D eigenvalue weighted by Crippen LogP contribution is -2.44. The molecule has 0 aromatic heterocycles. The molecule has 0 aliphatic heterocycles. The van der Waals surface area contributed by atoms with Crippen molar-refractivity contribution in [2.24, 2.45) is 0 Å². The molecular weight excluding hydrogens is 773 g/mol. The van der Waals surface area contributed by atoms with Crippen molar-refractivity contribution in [3.8, 4) is 0 Å². The SMILES string of the molecule is CCCCCCCCCCCC[N+](C)(CCCCCCCC[N+](C)(CCCCCCCCCCCC)Cc1ccc(CCCCCCC)cc1)Cc1ccc(CCCCCCC)cc1. The standard InChI is InChI=1S/C62H114N2/c1-7-11-15-19-21-23-25-27-33-39-53-63(5,57-61-49-45-59(46-50-61)43-37-31-17-13-9-3)55-41-35-29-30-36-42-56-64(6,54-40-34-28-26-24-22-20-16-12-8-2)58-62-51-47-60(48-52-62)44-38-32-18-14-10-4/h45-52H,7-44,53-58H2,1-6H3/q+2. The maximum absolute atomic E-state index is 2.59. The van der Waals surface area contributed by atoms with Crippen LogP contribution in [0.3, 0.4) is 0 Å². The molecule has 2 heteroatoms. The molecule has 2 aromatic rings. The van der Waals surface area contributed by atoms with E-state index in [0.29, 0.717) is 0 Å². The molecule has 0 aliphatic rings. The Morgan fingerprint density at radius 3 is 0.656 bits per heavy atom. The van der Waals surface area contributed by atoms with Crippen molar-refractivity contribution in [3.05, 3.63) is 70.8 Å². The highest BCUT2D eigenvalue weighted by Gasteiger charge is 2.23. The normalized spacial score (nSPS) is 13.7. The summed E-state index contributed by atoms with van der Waals surface area (Å²) in [4.78, 5) is 0. The first-order valence-corrected chi connectivity index (χ1v) is 29.2. The second-order valence-corrected chi connectivity index (χ2v) is 21.9. The summed E-state index contributed by atoms with van der Waals surface area (Å²) < 4.78 is 2.45. The molecule has 370 valence electrons. The molecule has 2 atom stereocenters. The highest BCUT2D eigenvalue weighted by atomic mass is 15.3. The molecule has 0 fully saturated rings. The molecule has 0 aliphatic carbocycles. The third-order valence-corrected chi connectivity index (χ3v) is 15.1. The second-order valence-electron chi connectivity index (χ2n) is 21.9. The first-order valence-electron chi connectivity index (χ1n) is 29.2.